The maximum absolute atomic E-state index is 4.46. The molecule has 0 aliphatic heterocycles. The summed E-state index contributed by atoms with van der Waals surface area (Å²) < 4.78 is 0. The molecule has 0 saturated carbocycles. The molecule has 3 rings (SSSR count). The van der Waals surface area contributed by atoms with Crippen molar-refractivity contribution in [3.8, 4) is 0 Å². The summed E-state index contributed by atoms with van der Waals surface area (Å²) in [6.07, 6.45) is 6.02. The number of benzene rings is 1. The van der Waals surface area contributed by atoms with Crippen molar-refractivity contribution in [3.05, 3.63) is 65.1 Å². The molecule has 0 atom stereocenters. The fourth-order valence-corrected chi connectivity index (χ4v) is 2.27. The van der Waals surface area contributed by atoms with Crippen molar-refractivity contribution in [2.75, 3.05) is 0 Å². The predicted molar refractivity (Wildman–Crippen MR) is 88.2 cm³/mol. The van der Waals surface area contributed by atoms with Gasteiger partial charge in [-0.15, -0.1) is 12.4 Å². The van der Waals surface area contributed by atoms with Crippen LogP contribution in [-0.4, -0.2) is 9.97 Å². The number of pyridine rings is 1. The van der Waals surface area contributed by atoms with E-state index in [1.807, 2.05) is 24.4 Å². The minimum Gasteiger partial charge on any atom is -0.357 e. The molecule has 0 radical (unpaired) electrons. The number of aromatic nitrogens is 2. The molecule has 102 valence electrons. The molecule has 0 aliphatic carbocycles. The van der Waals surface area contributed by atoms with Gasteiger partial charge in [0.05, 0.1) is 11.2 Å². The van der Waals surface area contributed by atoms with Crippen molar-refractivity contribution in [3.63, 3.8) is 0 Å². The van der Waals surface area contributed by atoms with Crippen LogP contribution >= 0.6 is 12.4 Å². The van der Waals surface area contributed by atoms with Crippen LogP contribution in [0.15, 0.2) is 42.6 Å². The molecular formula is C17H17ClN2. The first-order valence-corrected chi connectivity index (χ1v) is 6.43. The van der Waals surface area contributed by atoms with Gasteiger partial charge >= 0.3 is 0 Å². The molecule has 0 fully saturated rings. The first-order chi connectivity index (χ1) is 9.25. The standard InChI is InChI=1S/C17H16N2.ClH/c1-12-13(2)19-17-15(12)10-11-18-16(17)9-8-14-6-4-3-5-7-14;/h3-11,19H,1-2H3;1H. The van der Waals surface area contributed by atoms with Gasteiger partial charge in [-0.1, -0.05) is 36.4 Å². The molecule has 0 spiro atoms. The van der Waals surface area contributed by atoms with E-state index in [2.05, 4.69) is 54.2 Å². The van der Waals surface area contributed by atoms with Crippen LogP contribution < -0.4 is 0 Å². The SMILES string of the molecule is Cc1[nH]c2c(C=Cc3ccccc3)nccc2c1C.Cl. The summed E-state index contributed by atoms with van der Waals surface area (Å²) in [6.45, 7) is 4.23. The zero-order valence-electron chi connectivity index (χ0n) is 11.6. The van der Waals surface area contributed by atoms with E-state index in [1.54, 1.807) is 0 Å². The fraction of sp³-hybridized carbons (Fsp3) is 0.118. The lowest BCUT2D eigenvalue weighted by molar-refractivity contribution is 1.24. The summed E-state index contributed by atoms with van der Waals surface area (Å²) in [5.41, 5.74) is 5.78. The molecule has 1 aromatic carbocycles. The topological polar surface area (TPSA) is 28.7 Å². The number of nitrogens with zero attached hydrogens (tertiary/aromatic N) is 1. The summed E-state index contributed by atoms with van der Waals surface area (Å²) >= 11 is 0. The largest absolute Gasteiger partial charge is 0.357 e. The van der Waals surface area contributed by atoms with Crippen molar-refractivity contribution in [1.82, 2.24) is 9.97 Å². The molecule has 20 heavy (non-hydrogen) atoms. The molecule has 1 N–H and O–H groups in total. The lowest BCUT2D eigenvalue weighted by atomic mass is 10.1. The highest BCUT2D eigenvalue weighted by Gasteiger charge is 2.06. The Kier molecular flexibility index (Phi) is 4.26. The average molecular weight is 285 g/mol. The Morgan fingerprint density at radius 2 is 1.75 bits per heavy atom. The van der Waals surface area contributed by atoms with E-state index in [9.17, 15) is 0 Å². The number of rotatable bonds is 2. The smallest absolute Gasteiger partial charge is 0.0870 e. The van der Waals surface area contributed by atoms with E-state index in [0.717, 1.165) is 11.2 Å². The molecular weight excluding hydrogens is 268 g/mol. The van der Waals surface area contributed by atoms with E-state index >= 15 is 0 Å². The van der Waals surface area contributed by atoms with Gasteiger partial charge in [-0.2, -0.15) is 0 Å². The van der Waals surface area contributed by atoms with E-state index in [1.165, 1.54) is 22.2 Å². The van der Waals surface area contributed by atoms with Gasteiger partial charge in [0.2, 0.25) is 0 Å². The van der Waals surface area contributed by atoms with Crippen LogP contribution in [0.3, 0.4) is 0 Å². The van der Waals surface area contributed by atoms with Crippen LogP contribution in [0.25, 0.3) is 23.1 Å². The quantitative estimate of drug-likeness (QED) is 0.721. The van der Waals surface area contributed by atoms with Crippen LogP contribution in [0.4, 0.5) is 0 Å². The van der Waals surface area contributed by atoms with Crippen LogP contribution in [0.5, 0.6) is 0 Å². The zero-order valence-corrected chi connectivity index (χ0v) is 12.4. The van der Waals surface area contributed by atoms with Crippen molar-refractivity contribution in [2.45, 2.75) is 13.8 Å². The van der Waals surface area contributed by atoms with E-state index in [4.69, 9.17) is 0 Å². The third kappa shape index (κ3) is 2.61. The van der Waals surface area contributed by atoms with Gasteiger partial charge in [0, 0.05) is 17.3 Å². The number of aryl methyl sites for hydroxylation is 2. The second kappa shape index (κ2) is 5.93. The van der Waals surface area contributed by atoms with Gasteiger partial charge in [-0.3, -0.25) is 4.98 Å². The highest BCUT2D eigenvalue weighted by Crippen LogP contribution is 2.23. The summed E-state index contributed by atoms with van der Waals surface area (Å²) in [7, 11) is 0. The van der Waals surface area contributed by atoms with Crippen molar-refractivity contribution < 1.29 is 0 Å². The first-order valence-electron chi connectivity index (χ1n) is 6.43. The van der Waals surface area contributed by atoms with Gasteiger partial charge in [0.15, 0.2) is 0 Å². The molecule has 0 amide bonds. The van der Waals surface area contributed by atoms with Gasteiger partial charge < -0.3 is 4.98 Å². The zero-order chi connectivity index (χ0) is 13.2. The number of hydrogen-bond donors (Lipinski definition) is 1. The monoisotopic (exact) mass is 284 g/mol. The molecule has 0 saturated heterocycles. The predicted octanol–water partition coefficient (Wildman–Crippen LogP) is 4.77. The Bertz CT molecular complexity index is 742. The van der Waals surface area contributed by atoms with Crippen molar-refractivity contribution in [1.29, 1.82) is 0 Å². The fourth-order valence-electron chi connectivity index (χ4n) is 2.27. The minimum atomic E-state index is 0. The number of fused-ring (bicyclic) bond motifs is 1. The van der Waals surface area contributed by atoms with Gasteiger partial charge in [0.25, 0.3) is 0 Å². The normalized spacial score (nSPS) is 10.9. The van der Waals surface area contributed by atoms with Gasteiger partial charge in [-0.25, -0.2) is 0 Å². The second-order valence-electron chi connectivity index (χ2n) is 4.74. The summed E-state index contributed by atoms with van der Waals surface area (Å²) in [5, 5.41) is 1.25. The Labute approximate surface area is 125 Å². The maximum Gasteiger partial charge on any atom is 0.0870 e. The average Bonchev–Trinajstić information content (AvgIpc) is 2.74. The van der Waals surface area contributed by atoms with Crippen molar-refractivity contribution in [2.24, 2.45) is 0 Å². The molecule has 0 unspecified atom stereocenters. The summed E-state index contributed by atoms with van der Waals surface area (Å²) in [6, 6.07) is 12.3. The number of halogens is 1. The van der Waals surface area contributed by atoms with E-state index in [-0.39, 0.29) is 12.4 Å². The second-order valence-corrected chi connectivity index (χ2v) is 4.74. The Balaban J connectivity index is 0.00000147. The molecule has 2 nitrogen and oxygen atoms in total. The third-order valence-electron chi connectivity index (χ3n) is 3.49. The molecule has 3 heteroatoms. The van der Waals surface area contributed by atoms with E-state index < -0.39 is 0 Å². The van der Waals surface area contributed by atoms with Crippen LogP contribution in [0.2, 0.25) is 0 Å². The van der Waals surface area contributed by atoms with E-state index in [0.29, 0.717) is 0 Å². The Morgan fingerprint density at radius 1 is 1.00 bits per heavy atom. The molecule has 2 aromatic heterocycles. The van der Waals surface area contributed by atoms with Gasteiger partial charge in [0.1, 0.15) is 0 Å². The summed E-state index contributed by atoms with van der Waals surface area (Å²) in [4.78, 5) is 7.88. The van der Waals surface area contributed by atoms with Gasteiger partial charge in [-0.05, 0) is 37.1 Å². The molecule has 2 heterocycles. The molecule has 0 bridgehead atoms. The maximum atomic E-state index is 4.46. The molecule has 0 aliphatic rings. The Hall–Kier alpha value is -2.06. The van der Waals surface area contributed by atoms with Crippen LogP contribution in [0.1, 0.15) is 22.5 Å². The van der Waals surface area contributed by atoms with Crippen molar-refractivity contribution >= 4 is 35.5 Å². The third-order valence-corrected chi connectivity index (χ3v) is 3.49. The lowest BCUT2D eigenvalue weighted by Gasteiger charge is -1.97. The number of aromatic amines is 1. The number of hydrogen-bond acceptors (Lipinski definition) is 1. The molecule has 3 aromatic rings. The lowest BCUT2D eigenvalue weighted by Crippen LogP contribution is -1.82. The Morgan fingerprint density at radius 3 is 2.50 bits per heavy atom. The number of H-pyrrole nitrogens is 1. The van der Waals surface area contributed by atoms with Crippen LogP contribution in [-0.2, 0) is 0 Å². The minimum absolute atomic E-state index is 0. The highest BCUT2D eigenvalue weighted by molar-refractivity contribution is 5.91. The number of nitrogens with one attached hydrogen (secondary N) is 1. The van der Waals surface area contributed by atoms with Crippen LogP contribution in [0, 0.1) is 13.8 Å². The summed E-state index contributed by atoms with van der Waals surface area (Å²) in [5.74, 6) is 0. The highest BCUT2D eigenvalue weighted by atomic mass is 35.5. The first kappa shape index (κ1) is 14.4.